The third kappa shape index (κ3) is 5.35. The number of ether oxygens (including phenoxy) is 2. The molecule has 2 aromatic carbocycles. The topological polar surface area (TPSA) is 74.9 Å². The molecule has 2 fully saturated rings. The summed E-state index contributed by atoms with van der Waals surface area (Å²) < 4.78 is 11.1. The van der Waals surface area contributed by atoms with Crippen LogP contribution in [0.4, 0.5) is 0 Å². The lowest BCUT2D eigenvalue weighted by atomic mass is 9.87. The zero-order chi connectivity index (χ0) is 24.9. The first-order chi connectivity index (χ1) is 17.6. The number of rotatable bonds is 7. The lowest BCUT2D eigenvalue weighted by Crippen LogP contribution is -2.46. The van der Waals surface area contributed by atoms with Gasteiger partial charge in [-0.3, -0.25) is 9.59 Å². The predicted octanol–water partition coefficient (Wildman–Crippen LogP) is 4.59. The van der Waals surface area contributed by atoms with E-state index in [1.807, 2.05) is 46.2 Å². The highest BCUT2D eigenvalue weighted by Crippen LogP contribution is 2.35. The van der Waals surface area contributed by atoms with Crippen LogP contribution >= 0.6 is 0 Å². The molecule has 0 aliphatic carbocycles. The Hall–Kier alpha value is -3.48. The molecule has 3 heterocycles. The standard InChI is InChI=1S/C29H35N3O4/c1-35-24-7-8-27-25(19-24)26(20-30-27)21-9-16-32(17-10-21)29(34)22-11-14-31(15-12-22)28(33)13-18-36-23-5-3-2-4-6-23/h2-8,19-22,30H,9-18H2,1H3. The average molecular weight is 490 g/mol. The van der Waals surface area contributed by atoms with Crippen LogP contribution in [0.25, 0.3) is 10.9 Å². The predicted molar refractivity (Wildman–Crippen MR) is 139 cm³/mol. The monoisotopic (exact) mass is 489 g/mol. The van der Waals surface area contributed by atoms with Crippen LogP contribution in [0.2, 0.25) is 0 Å². The molecule has 2 aliphatic rings. The molecule has 2 amide bonds. The van der Waals surface area contributed by atoms with Crippen molar-refractivity contribution in [3.63, 3.8) is 0 Å². The van der Waals surface area contributed by atoms with Gasteiger partial charge in [-0.2, -0.15) is 0 Å². The van der Waals surface area contributed by atoms with Gasteiger partial charge in [0.1, 0.15) is 11.5 Å². The van der Waals surface area contributed by atoms with Crippen molar-refractivity contribution < 1.29 is 19.1 Å². The molecule has 36 heavy (non-hydrogen) atoms. The fourth-order valence-electron chi connectivity index (χ4n) is 5.56. The molecule has 2 saturated heterocycles. The minimum Gasteiger partial charge on any atom is -0.497 e. The van der Waals surface area contributed by atoms with E-state index in [0.29, 0.717) is 32.0 Å². The fraction of sp³-hybridized carbons (Fsp3) is 0.448. The number of H-pyrrole nitrogens is 1. The summed E-state index contributed by atoms with van der Waals surface area (Å²) in [4.78, 5) is 33.1. The van der Waals surface area contributed by atoms with Gasteiger partial charge in [-0.1, -0.05) is 18.2 Å². The Morgan fingerprint density at radius 2 is 1.64 bits per heavy atom. The molecular formula is C29H35N3O4. The van der Waals surface area contributed by atoms with E-state index in [0.717, 1.165) is 55.8 Å². The van der Waals surface area contributed by atoms with Crippen molar-refractivity contribution in [1.82, 2.24) is 14.8 Å². The van der Waals surface area contributed by atoms with Crippen LogP contribution in [0, 0.1) is 5.92 Å². The number of fused-ring (bicyclic) bond motifs is 1. The molecule has 2 aliphatic heterocycles. The van der Waals surface area contributed by atoms with Crippen molar-refractivity contribution in [2.45, 2.75) is 38.0 Å². The molecule has 5 rings (SSSR count). The largest absolute Gasteiger partial charge is 0.497 e. The number of hydrogen-bond donors (Lipinski definition) is 1. The minimum absolute atomic E-state index is 0.0171. The number of para-hydroxylation sites is 1. The number of hydrogen-bond acceptors (Lipinski definition) is 4. The Morgan fingerprint density at radius 3 is 2.36 bits per heavy atom. The van der Waals surface area contributed by atoms with Crippen molar-refractivity contribution in [2.75, 3.05) is 39.9 Å². The Bertz CT molecular complexity index is 1180. The Balaban J connectivity index is 1.07. The van der Waals surface area contributed by atoms with Crippen molar-refractivity contribution in [3.8, 4) is 11.5 Å². The summed E-state index contributed by atoms with van der Waals surface area (Å²) in [7, 11) is 1.69. The van der Waals surface area contributed by atoms with E-state index < -0.39 is 0 Å². The van der Waals surface area contributed by atoms with Crippen LogP contribution < -0.4 is 9.47 Å². The minimum atomic E-state index is 0.0171. The fourth-order valence-corrected chi connectivity index (χ4v) is 5.56. The number of piperidine rings is 2. The number of benzene rings is 2. The molecule has 0 unspecified atom stereocenters. The first-order valence-corrected chi connectivity index (χ1v) is 13.0. The molecule has 0 spiro atoms. The van der Waals surface area contributed by atoms with Gasteiger partial charge in [-0.15, -0.1) is 0 Å². The number of carbonyl (C=O) groups is 2. The second-order valence-corrected chi connectivity index (χ2v) is 9.82. The maximum atomic E-state index is 13.2. The van der Waals surface area contributed by atoms with E-state index in [1.54, 1.807) is 7.11 Å². The summed E-state index contributed by atoms with van der Waals surface area (Å²) in [5.74, 6) is 2.46. The zero-order valence-corrected chi connectivity index (χ0v) is 20.9. The summed E-state index contributed by atoms with van der Waals surface area (Å²) in [5, 5.41) is 1.21. The molecule has 190 valence electrons. The number of likely N-dealkylation sites (tertiary alicyclic amines) is 2. The van der Waals surface area contributed by atoms with Crippen molar-refractivity contribution in [2.24, 2.45) is 5.92 Å². The maximum absolute atomic E-state index is 13.2. The number of nitrogens with one attached hydrogen (secondary N) is 1. The Morgan fingerprint density at radius 1 is 0.917 bits per heavy atom. The van der Waals surface area contributed by atoms with Crippen LogP contribution in [-0.2, 0) is 9.59 Å². The number of carbonyl (C=O) groups excluding carboxylic acids is 2. The van der Waals surface area contributed by atoms with Crippen LogP contribution in [0.1, 0.15) is 43.6 Å². The Kier molecular flexibility index (Phi) is 7.44. The molecule has 0 saturated carbocycles. The van der Waals surface area contributed by atoms with E-state index in [4.69, 9.17) is 9.47 Å². The highest BCUT2D eigenvalue weighted by Gasteiger charge is 2.32. The second-order valence-electron chi connectivity index (χ2n) is 9.82. The molecule has 0 bridgehead atoms. The lowest BCUT2D eigenvalue weighted by molar-refractivity contribution is -0.141. The summed E-state index contributed by atoms with van der Waals surface area (Å²) in [5.41, 5.74) is 2.44. The van der Waals surface area contributed by atoms with Gasteiger partial charge < -0.3 is 24.3 Å². The molecule has 3 aromatic rings. The summed E-state index contributed by atoms with van der Waals surface area (Å²) in [6.07, 6.45) is 5.90. The van der Waals surface area contributed by atoms with Crippen LogP contribution in [-0.4, -0.2) is 66.5 Å². The van der Waals surface area contributed by atoms with Crippen molar-refractivity contribution >= 4 is 22.7 Å². The van der Waals surface area contributed by atoms with E-state index in [9.17, 15) is 9.59 Å². The first-order valence-electron chi connectivity index (χ1n) is 13.0. The summed E-state index contributed by atoms with van der Waals surface area (Å²) in [6.45, 7) is 3.24. The molecular weight excluding hydrogens is 454 g/mol. The lowest BCUT2D eigenvalue weighted by Gasteiger charge is -2.37. The number of methoxy groups -OCH3 is 1. The maximum Gasteiger partial charge on any atom is 0.225 e. The van der Waals surface area contributed by atoms with Crippen LogP contribution in [0.15, 0.2) is 54.7 Å². The van der Waals surface area contributed by atoms with Crippen LogP contribution in [0.3, 0.4) is 0 Å². The quantitative estimate of drug-likeness (QED) is 0.527. The third-order valence-electron chi connectivity index (χ3n) is 7.69. The van der Waals surface area contributed by atoms with Gasteiger partial charge in [0.25, 0.3) is 0 Å². The molecule has 1 aromatic heterocycles. The van der Waals surface area contributed by atoms with E-state index in [-0.39, 0.29) is 17.7 Å². The molecule has 7 heteroatoms. The van der Waals surface area contributed by atoms with E-state index >= 15 is 0 Å². The number of amides is 2. The molecule has 0 atom stereocenters. The molecule has 7 nitrogen and oxygen atoms in total. The zero-order valence-electron chi connectivity index (χ0n) is 20.9. The van der Waals surface area contributed by atoms with Crippen molar-refractivity contribution in [1.29, 1.82) is 0 Å². The van der Waals surface area contributed by atoms with Gasteiger partial charge in [0.05, 0.1) is 20.1 Å². The number of aromatic amines is 1. The SMILES string of the molecule is COc1ccc2[nH]cc(C3CCN(C(=O)C4CCN(C(=O)CCOc5ccccc5)CC4)CC3)c2c1. The van der Waals surface area contributed by atoms with Crippen molar-refractivity contribution in [3.05, 3.63) is 60.3 Å². The van der Waals surface area contributed by atoms with Gasteiger partial charge in [0.15, 0.2) is 0 Å². The average Bonchev–Trinajstić information content (AvgIpc) is 3.36. The molecule has 0 radical (unpaired) electrons. The third-order valence-corrected chi connectivity index (χ3v) is 7.69. The Labute approximate surface area is 212 Å². The highest BCUT2D eigenvalue weighted by molar-refractivity contribution is 5.85. The second kappa shape index (κ2) is 11.1. The summed E-state index contributed by atoms with van der Waals surface area (Å²) >= 11 is 0. The highest BCUT2D eigenvalue weighted by atomic mass is 16.5. The summed E-state index contributed by atoms with van der Waals surface area (Å²) in [6, 6.07) is 15.7. The van der Waals surface area contributed by atoms with E-state index in [2.05, 4.69) is 23.3 Å². The molecule has 1 N–H and O–H groups in total. The number of nitrogens with zero attached hydrogens (tertiary/aromatic N) is 2. The van der Waals surface area contributed by atoms with Gasteiger partial charge in [-0.05, 0) is 67.5 Å². The van der Waals surface area contributed by atoms with E-state index in [1.165, 1.54) is 10.9 Å². The van der Waals surface area contributed by atoms with Crippen LogP contribution in [0.5, 0.6) is 11.5 Å². The van der Waals surface area contributed by atoms with Gasteiger partial charge in [-0.25, -0.2) is 0 Å². The van der Waals surface area contributed by atoms with Gasteiger partial charge in [0.2, 0.25) is 11.8 Å². The first kappa shape index (κ1) is 24.2. The number of aromatic nitrogens is 1. The normalized spacial score (nSPS) is 17.4. The van der Waals surface area contributed by atoms with Gasteiger partial charge in [0, 0.05) is 49.2 Å². The van der Waals surface area contributed by atoms with Gasteiger partial charge >= 0.3 is 0 Å². The smallest absolute Gasteiger partial charge is 0.225 e.